The standard InChI is InChI=1S/C15H17ClN/c1-10-7-12(3)17(13(4)8-10)15-9-14(16)6-5-11(15)2/h5-9H,1-4H3/q+1. The largest absolute Gasteiger partial charge is 0.215 e. The molecule has 0 aliphatic rings. The molecule has 1 heterocycles. The van der Waals surface area contributed by atoms with Crippen LogP contribution in [0.4, 0.5) is 0 Å². The summed E-state index contributed by atoms with van der Waals surface area (Å²) in [5.74, 6) is 0. The first kappa shape index (κ1) is 12.1. The van der Waals surface area contributed by atoms with Gasteiger partial charge in [0.05, 0.1) is 0 Å². The van der Waals surface area contributed by atoms with Crippen LogP contribution in [0.3, 0.4) is 0 Å². The molecule has 88 valence electrons. The van der Waals surface area contributed by atoms with Crippen molar-refractivity contribution in [2.75, 3.05) is 0 Å². The molecule has 0 radical (unpaired) electrons. The molecule has 0 atom stereocenters. The van der Waals surface area contributed by atoms with Crippen LogP contribution in [-0.2, 0) is 0 Å². The van der Waals surface area contributed by atoms with Crippen molar-refractivity contribution in [2.45, 2.75) is 27.7 Å². The van der Waals surface area contributed by atoms with E-state index in [-0.39, 0.29) is 0 Å². The van der Waals surface area contributed by atoms with E-state index in [2.05, 4.69) is 50.5 Å². The second-order valence-corrected chi connectivity index (χ2v) is 5.02. The highest BCUT2D eigenvalue weighted by molar-refractivity contribution is 6.30. The fourth-order valence-electron chi connectivity index (χ4n) is 2.31. The molecule has 0 bridgehead atoms. The molecular formula is C15H17ClN+. The van der Waals surface area contributed by atoms with E-state index in [1.54, 1.807) is 0 Å². The topological polar surface area (TPSA) is 3.88 Å². The zero-order chi connectivity index (χ0) is 12.6. The lowest BCUT2D eigenvalue weighted by Crippen LogP contribution is -2.38. The van der Waals surface area contributed by atoms with Crippen LogP contribution >= 0.6 is 11.6 Å². The summed E-state index contributed by atoms with van der Waals surface area (Å²) in [6.07, 6.45) is 0. The number of aryl methyl sites for hydroxylation is 4. The lowest BCUT2D eigenvalue weighted by atomic mass is 10.1. The summed E-state index contributed by atoms with van der Waals surface area (Å²) in [6, 6.07) is 10.4. The number of benzene rings is 1. The Morgan fingerprint density at radius 1 is 0.882 bits per heavy atom. The first-order chi connectivity index (χ1) is 7.99. The fourth-order valence-corrected chi connectivity index (χ4v) is 2.48. The van der Waals surface area contributed by atoms with E-state index in [0.29, 0.717) is 0 Å². The Balaban J connectivity index is 2.72. The molecule has 2 heteroatoms. The van der Waals surface area contributed by atoms with Gasteiger partial charge in [0.2, 0.25) is 5.69 Å². The fraction of sp³-hybridized carbons (Fsp3) is 0.267. The molecule has 0 spiro atoms. The maximum absolute atomic E-state index is 6.09. The second kappa shape index (κ2) is 4.50. The molecule has 1 nitrogen and oxygen atoms in total. The van der Waals surface area contributed by atoms with Gasteiger partial charge in [-0.25, -0.2) is 0 Å². The molecule has 0 unspecified atom stereocenters. The molecule has 1 aromatic heterocycles. The van der Waals surface area contributed by atoms with Crippen LogP contribution < -0.4 is 4.57 Å². The van der Waals surface area contributed by atoms with Gasteiger partial charge in [-0.05, 0) is 25.5 Å². The number of aromatic nitrogens is 1. The molecule has 0 saturated heterocycles. The van der Waals surface area contributed by atoms with Gasteiger partial charge < -0.3 is 0 Å². The lowest BCUT2D eigenvalue weighted by molar-refractivity contribution is -0.610. The van der Waals surface area contributed by atoms with Gasteiger partial charge in [0.15, 0.2) is 11.4 Å². The van der Waals surface area contributed by atoms with Crippen molar-refractivity contribution in [2.24, 2.45) is 0 Å². The van der Waals surface area contributed by atoms with Gasteiger partial charge in [0, 0.05) is 42.6 Å². The number of halogens is 1. The smallest absolute Gasteiger partial charge is 0.162 e. The number of hydrogen-bond acceptors (Lipinski definition) is 0. The summed E-state index contributed by atoms with van der Waals surface area (Å²) in [5, 5.41) is 0.775. The van der Waals surface area contributed by atoms with Gasteiger partial charge in [-0.1, -0.05) is 17.7 Å². The minimum atomic E-state index is 0.775. The van der Waals surface area contributed by atoms with Gasteiger partial charge in [-0.3, -0.25) is 0 Å². The maximum atomic E-state index is 6.09. The Morgan fingerprint density at radius 2 is 1.47 bits per heavy atom. The van der Waals surface area contributed by atoms with Crippen molar-refractivity contribution >= 4 is 11.6 Å². The third kappa shape index (κ3) is 2.34. The number of hydrogen-bond donors (Lipinski definition) is 0. The molecular weight excluding hydrogens is 230 g/mol. The third-order valence-corrected chi connectivity index (χ3v) is 3.23. The van der Waals surface area contributed by atoms with E-state index in [9.17, 15) is 0 Å². The summed E-state index contributed by atoms with van der Waals surface area (Å²) in [5.41, 5.74) is 6.14. The Morgan fingerprint density at radius 3 is 2.06 bits per heavy atom. The molecule has 1 aromatic carbocycles. The van der Waals surface area contributed by atoms with Gasteiger partial charge in [0.25, 0.3) is 0 Å². The molecule has 0 saturated carbocycles. The number of rotatable bonds is 1. The van der Waals surface area contributed by atoms with E-state index in [1.807, 2.05) is 12.1 Å². The minimum absolute atomic E-state index is 0.775. The monoisotopic (exact) mass is 246 g/mol. The van der Waals surface area contributed by atoms with Crippen molar-refractivity contribution in [3.8, 4) is 5.69 Å². The van der Waals surface area contributed by atoms with Gasteiger partial charge in [0.1, 0.15) is 0 Å². The quantitative estimate of drug-likeness (QED) is 0.673. The average Bonchev–Trinajstić information content (AvgIpc) is 2.21. The van der Waals surface area contributed by atoms with Crippen LogP contribution in [-0.4, -0.2) is 0 Å². The summed E-state index contributed by atoms with van der Waals surface area (Å²) in [6.45, 7) is 8.48. The molecule has 0 aliphatic heterocycles. The Bertz CT molecular complexity index is 550. The van der Waals surface area contributed by atoms with Crippen LogP contribution in [0, 0.1) is 27.7 Å². The summed E-state index contributed by atoms with van der Waals surface area (Å²) in [4.78, 5) is 0. The molecule has 0 aliphatic carbocycles. The third-order valence-electron chi connectivity index (χ3n) is 2.99. The van der Waals surface area contributed by atoms with Crippen molar-refractivity contribution < 1.29 is 4.57 Å². The average molecular weight is 247 g/mol. The molecule has 0 amide bonds. The van der Waals surface area contributed by atoms with E-state index in [1.165, 1.54) is 22.5 Å². The van der Waals surface area contributed by atoms with Crippen LogP contribution in [0.5, 0.6) is 0 Å². The van der Waals surface area contributed by atoms with Crippen LogP contribution in [0.1, 0.15) is 22.5 Å². The van der Waals surface area contributed by atoms with Gasteiger partial charge in [-0.2, -0.15) is 4.57 Å². The normalized spacial score (nSPS) is 10.6. The van der Waals surface area contributed by atoms with E-state index in [4.69, 9.17) is 11.6 Å². The molecule has 2 aromatic rings. The Kier molecular flexibility index (Phi) is 3.21. The zero-order valence-corrected chi connectivity index (χ0v) is 11.5. The number of nitrogens with zero attached hydrogens (tertiary/aromatic N) is 1. The highest BCUT2D eigenvalue weighted by Crippen LogP contribution is 2.17. The Hall–Kier alpha value is -1.34. The lowest BCUT2D eigenvalue weighted by Gasteiger charge is -2.07. The van der Waals surface area contributed by atoms with Crippen molar-refractivity contribution in [1.82, 2.24) is 0 Å². The van der Waals surface area contributed by atoms with Gasteiger partial charge >= 0.3 is 0 Å². The van der Waals surface area contributed by atoms with E-state index >= 15 is 0 Å². The van der Waals surface area contributed by atoms with E-state index < -0.39 is 0 Å². The van der Waals surface area contributed by atoms with E-state index in [0.717, 1.165) is 10.7 Å². The van der Waals surface area contributed by atoms with Crippen LogP contribution in [0.25, 0.3) is 5.69 Å². The molecule has 2 rings (SSSR count). The van der Waals surface area contributed by atoms with Crippen molar-refractivity contribution in [1.29, 1.82) is 0 Å². The molecule has 0 fully saturated rings. The molecule has 17 heavy (non-hydrogen) atoms. The summed E-state index contributed by atoms with van der Waals surface area (Å²) < 4.78 is 2.24. The predicted molar refractivity (Wildman–Crippen MR) is 71.9 cm³/mol. The SMILES string of the molecule is Cc1cc(C)[n+](-c2cc(Cl)ccc2C)c(C)c1. The second-order valence-electron chi connectivity index (χ2n) is 4.58. The van der Waals surface area contributed by atoms with Crippen LogP contribution in [0.15, 0.2) is 30.3 Å². The summed E-state index contributed by atoms with van der Waals surface area (Å²) in [7, 11) is 0. The molecule has 0 N–H and O–H groups in total. The first-order valence-electron chi connectivity index (χ1n) is 5.75. The van der Waals surface area contributed by atoms with Crippen molar-refractivity contribution in [3.05, 3.63) is 57.9 Å². The highest BCUT2D eigenvalue weighted by atomic mass is 35.5. The minimum Gasteiger partial charge on any atom is -0.162 e. The van der Waals surface area contributed by atoms with Gasteiger partial charge in [-0.15, -0.1) is 0 Å². The predicted octanol–water partition coefficient (Wildman–Crippen LogP) is 3.85. The highest BCUT2D eigenvalue weighted by Gasteiger charge is 2.17. The van der Waals surface area contributed by atoms with Crippen molar-refractivity contribution in [3.63, 3.8) is 0 Å². The summed E-state index contributed by atoms with van der Waals surface area (Å²) >= 11 is 6.09. The maximum Gasteiger partial charge on any atom is 0.215 e. The van der Waals surface area contributed by atoms with Crippen LogP contribution in [0.2, 0.25) is 5.02 Å². The Labute approximate surface area is 108 Å². The zero-order valence-electron chi connectivity index (χ0n) is 10.7. The number of pyridine rings is 1. The first-order valence-corrected chi connectivity index (χ1v) is 6.13.